The molecule has 0 bridgehead atoms. The summed E-state index contributed by atoms with van der Waals surface area (Å²) in [5.74, 6) is -2.47. The second-order valence-corrected chi connectivity index (χ2v) is 15.1. The van der Waals surface area contributed by atoms with Crippen LogP contribution in [0, 0.1) is 17.8 Å². The molecule has 4 aromatic rings. The molecule has 2 saturated carbocycles. The first-order chi connectivity index (χ1) is 26.3. The lowest BCUT2D eigenvalue weighted by Crippen LogP contribution is -2.69. The van der Waals surface area contributed by atoms with E-state index >= 15 is 0 Å². The Morgan fingerprint density at radius 2 is 1.00 bits per heavy atom. The molecule has 0 radical (unpaired) electrons. The molecule has 0 aromatic heterocycles. The Morgan fingerprint density at radius 3 is 1.37 bits per heavy atom. The molecule has 7 rings (SSSR count). The van der Waals surface area contributed by atoms with Crippen LogP contribution in [0.4, 0.5) is 0 Å². The minimum absolute atomic E-state index is 0.264. The molecule has 1 N–H and O–H groups in total. The first kappa shape index (κ1) is 38.3. The number of rotatable bonds is 14. The van der Waals surface area contributed by atoms with Gasteiger partial charge in [0.2, 0.25) is 0 Å². The predicted molar refractivity (Wildman–Crippen MR) is 202 cm³/mol. The quantitative estimate of drug-likeness (QED) is 0.137. The van der Waals surface area contributed by atoms with Crippen LogP contribution in [0.1, 0.15) is 49.4 Å². The van der Waals surface area contributed by atoms with Crippen molar-refractivity contribution in [1.29, 1.82) is 0 Å². The Hall–Kier alpha value is -3.93. The standard InChI is InChI=1S/C45H52O9/c1-30(46)53-40-36(47)24-35(37-29-52-45(2,3)54-37)38-39(40)42(49-26-32-18-10-5-11-19-32)44(51-28-34-22-14-7-15-23-34)43(50-27-33-20-12-6-13-21-33)41(38)48-25-31-16-8-4-9-17-31/h4-23,35-44,47H,24-29H2,1-3H3/t35-,36+,37-,38-,39-,40-,41-,42-,43+,44+/m1/s1. The SMILES string of the molecule is CC(=O)O[C@H]1[C@@H]2[C@@H](OCc3ccccc3)[C@H](OCc3ccccc3)[C@@H](OCc3ccccc3)[C@H](OCc3ccccc3)[C@@H]2[C@@H]([C@H]2COC(C)(C)O2)C[C@@H]1O. The molecule has 1 heterocycles. The lowest BCUT2D eigenvalue weighted by atomic mass is 9.58. The average Bonchev–Trinajstić information content (AvgIpc) is 3.56. The lowest BCUT2D eigenvalue weighted by Gasteiger charge is -2.57. The summed E-state index contributed by atoms with van der Waals surface area (Å²) in [6.45, 7) is 6.69. The molecule has 3 fully saturated rings. The molecular formula is C45H52O9. The zero-order valence-corrected chi connectivity index (χ0v) is 31.3. The Bertz CT molecular complexity index is 1740. The van der Waals surface area contributed by atoms with Crippen molar-refractivity contribution in [2.75, 3.05) is 6.61 Å². The number of hydrogen-bond donors (Lipinski definition) is 1. The van der Waals surface area contributed by atoms with E-state index < -0.39 is 54.3 Å². The summed E-state index contributed by atoms with van der Waals surface area (Å²) < 4.78 is 46.9. The monoisotopic (exact) mass is 736 g/mol. The zero-order valence-electron chi connectivity index (χ0n) is 31.3. The molecule has 0 amide bonds. The maximum absolute atomic E-state index is 12.8. The van der Waals surface area contributed by atoms with E-state index in [9.17, 15) is 9.90 Å². The number of hydrogen-bond acceptors (Lipinski definition) is 9. The summed E-state index contributed by atoms with van der Waals surface area (Å²) >= 11 is 0. The highest BCUT2D eigenvalue weighted by molar-refractivity contribution is 5.66. The van der Waals surface area contributed by atoms with Crippen LogP contribution in [0.3, 0.4) is 0 Å². The maximum Gasteiger partial charge on any atom is 0.303 e. The van der Waals surface area contributed by atoms with Gasteiger partial charge in [-0.25, -0.2) is 0 Å². The van der Waals surface area contributed by atoms with Gasteiger partial charge in [0, 0.05) is 18.8 Å². The second-order valence-electron chi connectivity index (χ2n) is 15.1. The van der Waals surface area contributed by atoms with E-state index in [0.29, 0.717) is 26.2 Å². The van der Waals surface area contributed by atoms with Crippen molar-refractivity contribution in [2.45, 2.75) is 102 Å². The van der Waals surface area contributed by atoms with Crippen molar-refractivity contribution < 1.29 is 43.1 Å². The van der Waals surface area contributed by atoms with E-state index in [0.717, 1.165) is 22.3 Å². The Kier molecular flexibility index (Phi) is 12.6. The van der Waals surface area contributed by atoms with Gasteiger partial charge in [0.15, 0.2) is 5.79 Å². The fourth-order valence-electron chi connectivity index (χ4n) is 8.54. The molecule has 9 nitrogen and oxygen atoms in total. The lowest BCUT2D eigenvalue weighted by molar-refractivity contribution is -0.291. The summed E-state index contributed by atoms with van der Waals surface area (Å²) in [5.41, 5.74) is 3.98. The number of esters is 1. The van der Waals surface area contributed by atoms with E-state index in [4.69, 9.17) is 33.2 Å². The highest BCUT2D eigenvalue weighted by Gasteiger charge is 2.63. The first-order valence-electron chi connectivity index (χ1n) is 19.0. The van der Waals surface area contributed by atoms with Gasteiger partial charge >= 0.3 is 5.97 Å². The van der Waals surface area contributed by atoms with Crippen molar-refractivity contribution in [1.82, 2.24) is 0 Å². The van der Waals surface area contributed by atoms with Gasteiger partial charge in [-0.05, 0) is 48.4 Å². The molecule has 9 heteroatoms. The van der Waals surface area contributed by atoms with Crippen LogP contribution in [0.5, 0.6) is 0 Å². The van der Waals surface area contributed by atoms with Gasteiger partial charge in [0.1, 0.15) is 18.3 Å². The van der Waals surface area contributed by atoms with Gasteiger partial charge in [0.05, 0.1) is 57.5 Å². The van der Waals surface area contributed by atoms with E-state index in [-0.39, 0.29) is 31.2 Å². The third-order valence-electron chi connectivity index (χ3n) is 10.9. The summed E-state index contributed by atoms with van der Waals surface area (Å²) in [5, 5.41) is 12.0. The molecule has 4 aromatic carbocycles. The van der Waals surface area contributed by atoms with Crippen LogP contribution in [0.2, 0.25) is 0 Å². The molecule has 3 aliphatic rings. The van der Waals surface area contributed by atoms with Crippen molar-refractivity contribution in [3.63, 3.8) is 0 Å². The average molecular weight is 737 g/mol. The van der Waals surface area contributed by atoms with Gasteiger partial charge in [-0.3, -0.25) is 4.79 Å². The fraction of sp³-hybridized carbons (Fsp3) is 0.444. The Balaban J connectivity index is 1.36. The van der Waals surface area contributed by atoms with Gasteiger partial charge in [-0.15, -0.1) is 0 Å². The molecule has 54 heavy (non-hydrogen) atoms. The topological polar surface area (TPSA) is 102 Å². The Labute approximate surface area is 318 Å². The van der Waals surface area contributed by atoms with Crippen LogP contribution < -0.4 is 0 Å². The number of ether oxygens (including phenoxy) is 7. The van der Waals surface area contributed by atoms with Gasteiger partial charge in [-0.1, -0.05) is 121 Å². The molecule has 1 saturated heterocycles. The number of carbonyl (C=O) groups is 1. The number of aliphatic hydroxyl groups excluding tert-OH is 1. The van der Waals surface area contributed by atoms with E-state index in [1.54, 1.807) is 0 Å². The first-order valence-corrected chi connectivity index (χ1v) is 19.0. The summed E-state index contributed by atoms with van der Waals surface area (Å²) in [6, 6.07) is 40.0. The number of benzene rings is 4. The van der Waals surface area contributed by atoms with E-state index in [1.165, 1.54) is 6.92 Å². The van der Waals surface area contributed by atoms with E-state index in [2.05, 4.69) is 0 Å². The molecule has 286 valence electrons. The van der Waals surface area contributed by atoms with Crippen molar-refractivity contribution in [3.8, 4) is 0 Å². The van der Waals surface area contributed by atoms with Crippen LogP contribution in [-0.2, 0) is 64.4 Å². The van der Waals surface area contributed by atoms with Crippen molar-refractivity contribution >= 4 is 5.97 Å². The summed E-state index contributed by atoms with van der Waals surface area (Å²) in [4.78, 5) is 12.8. The molecular weight excluding hydrogens is 684 g/mol. The molecule has 0 unspecified atom stereocenters. The normalized spacial score (nSPS) is 30.4. The number of fused-ring (bicyclic) bond motifs is 1. The van der Waals surface area contributed by atoms with Crippen LogP contribution in [-0.4, -0.2) is 66.2 Å². The number of aliphatic hydroxyl groups is 1. The van der Waals surface area contributed by atoms with Crippen molar-refractivity contribution in [2.24, 2.45) is 17.8 Å². The summed E-state index contributed by atoms with van der Waals surface area (Å²) in [7, 11) is 0. The molecule has 1 aliphatic heterocycles. The van der Waals surface area contributed by atoms with Crippen LogP contribution in [0.25, 0.3) is 0 Å². The van der Waals surface area contributed by atoms with Crippen LogP contribution >= 0.6 is 0 Å². The molecule has 10 atom stereocenters. The fourth-order valence-corrected chi connectivity index (χ4v) is 8.54. The van der Waals surface area contributed by atoms with Gasteiger partial charge < -0.3 is 38.3 Å². The van der Waals surface area contributed by atoms with Gasteiger partial charge in [0.25, 0.3) is 0 Å². The van der Waals surface area contributed by atoms with Gasteiger partial charge in [-0.2, -0.15) is 0 Å². The summed E-state index contributed by atoms with van der Waals surface area (Å²) in [6.07, 6.45) is -4.56. The largest absolute Gasteiger partial charge is 0.459 e. The number of carbonyl (C=O) groups excluding carboxylic acids is 1. The third kappa shape index (κ3) is 9.29. The molecule has 2 aliphatic carbocycles. The second kappa shape index (κ2) is 17.7. The minimum Gasteiger partial charge on any atom is -0.459 e. The third-order valence-corrected chi connectivity index (χ3v) is 10.9. The predicted octanol–water partition coefficient (Wildman–Crippen LogP) is 7.04. The Morgan fingerprint density at radius 1 is 0.611 bits per heavy atom. The molecule has 0 spiro atoms. The highest BCUT2D eigenvalue weighted by atomic mass is 16.7. The highest BCUT2D eigenvalue weighted by Crippen LogP contribution is 2.52. The minimum atomic E-state index is -0.998. The maximum atomic E-state index is 12.8. The van der Waals surface area contributed by atoms with Crippen molar-refractivity contribution in [3.05, 3.63) is 144 Å². The smallest absolute Gasteiger partial charge is 0.303 e. The zero-order chi connectivity index (χ0) is 37.5. The van der Waals surface area contributed by atoms with Crippen LogP contribution in [0.15, 0.2) is 121 Å². The van der Waals surface area contributed by atoms with E-state index in [1.807, 2.05) is 135 Å².